The molecule has 0 aliphatic carbocycles. The van der Waals surface area contributed by atoms with E-state index in [1.54, 1.807) is 0 Å². The zero-order valence-corrected chi connectivity index (χ0v) is 14.0. The van der Waals surface area contributed by atoms with E-state index in [1.807, 2.05) is 27.8 Å². The van der Waals surface area contributed by atoms with Gasteiger partial charge in [0.25, 0.3) is 0 Å². The van der Waals surface area contributed by atoms with Crippen molar-refractivity contribution in [2.75, 3.05) is 26.8 Å². The molecule has 0 spiro atoms. The van der Waals surface area contributed by atoms with Gasteiger partial charge in [-0.1, -0.05) is 34.6 Å². The molecule has 2 N–H and O–H groups in total. The molecule has 0 bridgehead atoms. The van der Waals surface area contributed by atoms with Gasteiger partial charge in [0.2, 0.25) is 0 Å². The van der Waals surface area contributed by atoms with Crippen LogP contribution in [0.4, 0.5) is 0 Å². The highest BCUT2D eigenvalue weighted by molar-refractivity contribution is 4.70. The van der Waals surface area contributed by atoms with Crippen LogP contribution in [-0.4, -0.2) is 37.5 Å². The van der Waals surface area contributed by atoms with Gasteiger partial charge in [0.05, 0.1) is 5.60 Å². The van der Waals surface area contributed by atoms with Gasteiger partial charge < -0.3 is 15.2 Å². The van der Waals surface area contributed by atoms with E-state index < -0.39 is 0 Å². The van der Waals surface area contributed by atoms with E-state index >= 15 is 0 Å². The minimum Gasteiger partial charge on any atom is -0.396 e. The summed E-state index contributed by atoms with van der Waals surface area (Å²) in [6, 6.07) is 0. The Hall–Kier alpha value is -0.120. The van der Waals surface area contributed by atoms with E-state index in [0.717, 1.165) is 31.9 Å². The first-order chi connectivity index (χ1) is 8.39. The predicted molar refractivity (Wildman–Crippen MR) is 82.1 cm³/mol. The Bertz CT molecular complexity index is 134. The SMILES string of the molecule is CC.CCCO.CNCC(C)(C)OCCC(C)C. The van der Waals surface area contributed by atoms with Crippen molar-refractivity contribution in [1.29, 1.82) is 0 Å². The Balaban J connectivity index is -0.000000317. The molecular formula is C15H37NO2. The zero-order valence-electron chi connectivity index (χ0n) is 14.0. The van der Waals surface area contributed by atoms with Crippen LogP contribution in [0.3, 0.4) is 0 Å². The molecule has 0 unspecified atom stereocenters. The second kappa shape index (κ2) is 16.9. The van der Waals surface area contributed by atoms with Crippen LogP contribution in [0.5, 0.6) is 0 Å². The second-order valence-corrected chi connectivity index (χ2v) is 5.04. The molecule has 0 fully saturated rings. The maximum absolute atomic E-state index is 7.88. The number of nitrogens with one attached hydrogen (secondary N) is 1. The van der Waals surface area contributed by atoms with Crippen molar-refractivity contribution in [3.63, 3.8) is 0 Å². The van der Waals surface area contributed by atoms with Crippen LogP contribution in [0.25, 0.3) is 0 Å². The minimum atomic E-state index is -0.0242. The van der Waals surface area contributed by atoms with Crippen molar-refractivity contribution in [2.45, 2.75) is 66.9 Å². The third-order valence-corrected chi connectivity index (χ3v) is 2.01. The van der Waals surface area contributed by atoms with Gasteiger partial charge >= 0.3 is 0 Å². The first kappa shape index (κ1) is 23.0. The van der Waals surface area contributed by atoms with E-state index in [1.165, 1.54) is 0 Å². The van der Waals surface area contributed by atoms with Crippen LogP contribution >= 0.6 is 0 Å². The third-order valence-electron chi connectivity index (χ3n) is 2.01. The van der Waals surface area contributed by atoms with Gasteiger partial charge in [0.15, 0.2) is 0 Å². The van der Waals surface area contributed by atoms with E-state index in [0.29, 0.717) is 6.61 Å². The molecule has 0 rings (SSSR count). The van der Waals surface area contributed by atoms with E-state index in [9.17, 15) is 0 Å². The number of likely N-dealkylation sites (N-methyl/N-ethyl adjacent to an activating group) is 1. The van der Waals surface area contributed by atoms with Gasteiger partial charge in [-0.25, -0.2) is 0 Å². The van der Waals surface area contributed by atoms with Gasteiger partial charge in [0.1, 0.15) is 0 Å². The largest absolute Gasteiger partial charge is 0.396 e. The first-order valence-electron chi connectivity index (χ1n) is 7.29. The predicted octanol–water partition coefficient (Wildman–Crippen LogP) is 3.46. The van der Waals surface area contributed by atoms with Crippen LogP contribution in [0.15, 0.2) is 0 Å². The van der Waals surface area contributed by atoms with Gasteiger partial charge in [0, 0.05) is 19.8 Å². The maximum Gasteiger partial charge on any atom is 0.0750 e. The number of rotatable bonds is 7. The molecular weight excluding hydrogens is 226 g/mol. The first-order valence-corrected chi connectivity index (χ1v) is 7.29. The molecule has 3 nitrogen and oxygen atoms in total. The Morgan fingerprint density at radius 2 is 1.67 bits per heavy atom. The summed E-state index contributed by atoms with van der Waals surface area (Å²) in [5.74, 6) is 0.732. The van der Waals surface area contributed by atoms with Crippen LogP contribution in [0.2, 0.25) is 0 Å². The molecule has 0 amide bonds. The Labute approximate surface area is 115 Å². The van der Waals surface area contributed by atoms with Crippen LogP contribution in [0.1, 0.15) is 61.3 Å². The quantitative estimate of drug-likeness (QED) is 0.739. The number of hydrogen-bond donors (Lipinski definition) is 2. The van der Waals surface area contributed by atoms with Crippen molar-refractivity contribution in [3.8, 4) is 0 Å². The van der Waals surface area contributed by atoms with Gasteiger partial charge in [-0.3, -0.25) is 0 Å². The van der Waals surface area contributed by atoms with Crippen molar-refractivity contribution >= 4 is 0 Å². The summed E-state index contributed by atoms with van der Waals surface area (Å²) in [6.07, 6.45) is 2.02. The lowest BCUT2D eigenvalue weighted by atomic mass is 10.1. The third kappa shape index (κ3) is 24.9. The van der Waals surface area contributed by atoms with E-state index in [4.69, 9.17) is 9.84 Å². The summed E-state index contributed by atoms with van der Waals surface area (Å²) < 4.78 is 5.72. The average molecular weight is 263 g/mol. The smallest absolute Gasteiger partial charge is 0.0750 e. The summed E-state index contributed by atoms with van der Waals surface area (Å²) in [7, 11) is 1.95. The molecule has 0 aromatic rings. The Morgan fingerprint density at radius 3 is 1.94 bits per heavy atom. The molecule has 0 aromatic heterocycles. The molecule has 0 aliphatic rings. The molecule has 114 valence electrons. The fraction of sp³-hybridized carbons (Fsp3) is 1.00. The number of aliphatic hydroxyl groups excluding tert-OH is 1. The molecule has 0 aromatic carbocycles. The van der Waals surface area contributed by atoms with Crippen molar-refractivity contribution in [3.05, 3.63) is 0 Å². The molecule has 18 heavy (non-hydrogen) atoms. The molecule has 0 aliphatic heterocycles. The summed E-state index contributed by atoms with van der Waals surface area (Å²) >= 11 is 0. The molecule has 0 radical (unpaired) electrons. The maximum atomic E-state index is 7.88. The lowest BCUT2D eigenvalue weighted by molar-refractivity contribution is -0.0196. The van der Waals surface area contributed by atoms with Crippen molar-refractivity contribution < 1.29 is 9.84 Å². The standard InChI is InChI=1S/C10H23NO.C3H8O.C2H6/c1-9(2)6-7-12-10(3,4)8-11-5;1-2-3-4;1-2/h9,11H,6-8H2,1-5H3;4H,2-3H2,1H3;1-2H3. The average Bonchev–Trinajstić information content (AvgIpc) is 2.31. The van der Waals surface area contributed by atoms with Crippen LogP contribution in [0, 0.1) is 5.92 Å². The number of ether oxygens (including phenoxy) is 1. The highest BCUT2D eigenvalue weighted by Crippen LogP contribution is 2.09. The normalized spacial score (nSPS) is 10.3. The fourth-order valence-corrected chi connectivity index (χ4v) is 1.05. The van der Waals surface area contributed by atoms with E-state index in [2.05, 4.69) is 33.0 Å². The van der Waals surface area contributed by atoms with E-state index in [-0.39, 0.29) is 5.60 Å². The summed E-state index contributed by atoms with van der Waals surface area (Å²) in [5.41, 5.74) is -0.0242. The lowest BCUT2D eigenvalue weighted by Crippen LogP contribution is -2.36. The molecule has 0 saturated heterocycles. The Kier molecular flexibility index (Phi) is 21.6. The molecule has 3 heteroatoms. The summed E-state index contributed by atoms with van der Waals surface area (Å²) in [6.45, 7) is 16.7. The van der Waals surface area contributed by atoms with Gasteiger partial charge in [-0.2, -0.15) is 0 Å². The highest BCUT2D eigenvalue weighted by Gasteiger charge is 2.16. The summed E-state index contributed by atoms with van der Waals surface area (Å²) in [4.78, 5) is 0. The van der Waals surface area contributed by atoms with Crippen LogP contribution < -0.4 is 5.32 Å². The number of aliphatic hydroxyl groups is 1. The minimum absolute atomic E-state index is 0.0242. The molecule has 0 saturated carbocycles. The van der Waals surface area contributed by atoms with Gasteiger partial charge in [-0.05, 0) is 39.7 Å². The molecule has 0 heterocycles. The topological polar surface area (TPSA) is 41.5 Å². The second-order valence-electron chi connectivity index (χ2n) is 5.04. The Morgan fingerprint density at radius 1 is 1.22 bits per heavy atom. The number of hydrogen-bond acceptors (Lipinski definition) is 3. The lowest BCUT2D eigenvalue weighted by Gasteiger charge is -2.25. The van der Waals surface area contributed by atoms with Crippen LogP contribution in [-0.2, 0) is 4.74 Å². The van der Waals surface area contributed by atoms with Crippen molar-refractivity contribution in [1.82, 2.24) is 5.32 Å². The van der Waals surface area contributed by atoms with Gasteiger partial charge in [-0.15, -0.1) is 0 Å². The monoisotopic (exact) mass is 263 g/mol. The fourth-order valence-electron chi connectivity index (χ4n) is 1.05. The highest BCUT2D eigenvalue weighted by atomic mass is 16.5. The zero-order chi connectivity index (χ0) is 15.0. The summed E-state index contributed by atoms with van der Waals surface area (Å²) in [5, 5.41) is 11.0. The molecule has 0 atom stereocenters. The van der Waals surface area contributed by atoms with Crippen molar-refractivity contribution in [2.24, 2.45) is 5.92 Å².